The molecule has 1 N–H and O–H groups in total. The summed E-state index contributed by atoms with van der Waals surface area (Å²) >= 11 is 0. The molecule has 0 saturated heterocycles. The van der Waals surface area contributed by atoms with Gasteiger partial charge in [-0.2, -0.15) is 0 Å². The van der Waals surface area contributed by atoms with Gasteiger partial charge in [-0.05, 0) is 71.7 Å². The molecule has 0 fully saturated rings. The molecule has 2 amide bonds. The second-order valence-corrected chi connectivity index (χ2v) is 7.70. The molecule has 31 heavy (non-hydrogen) atoms. The Morgan fingerprint density at radius 3 is 2.65 bits per heavy atom. The van der Waals surface area contributed by atoms with E-state index < -0.39 is 0 Å². The molecule has 3 aromatic carbocycles. The molecular formula is C26H22N2O3. The number of hydrogen-bond donors (Lipinski definition) is 1. The second kappa shape index (κ2) is 8.11. The van der Waals surface area contributed by atoms with Crippen molar-refractivity contribution in [3.05, 3.63) is 95.1 Å². The fourth-order valence-electron chi connectivity index (χ4n) is 4.07. The van der Waals surface area contributed by atoms with E-state index in [1.807, 2.05) is 41.3 Å². The summed E-state index contributed by atoms with van der Waals surface area (Å²) in [6, 6.07) is 20.9. The first-order valence-corrected chi connectivity index (χ1v) is 10.4. The monoisotopic (exact) mass is 410 g/mol. The Bertz CT molecular complexity index is 1180. The molecule has 2 aliphatic rings. The van der Waals surface area contributed by atoms with E-state index >= 15 is 0 Å². The van der Waals surface area contributed by atoms with Crippen LogP contribution in [0.5, 0.6) is 5.75 Å². The Balaban J connectivity index is 1.22. The van der Waals surface area contributed by atoms with E-state index in [-0.39, 0.29) is 11.8 Å². The number of hydrogen-bond acceptors (Lipinski definition) is 3. The Morgan fingerprint density at radius 1 is 0.935 bits per heavy atom. The highest BCUT2D eigenvalue weighted by Gasteiger charge is 2.25. The van der Waals surface area contributed by atoms with Gasteiger partial charge in [0.1, 0.15) is 5.75 Å². The average Bonchev–Trinajstić information content (AvgIpc) is 3.44. The fraction of sp³-hybridized carbons (Fsp3) is 0.154. The van der Waals surface area contributed by atoms with Gasteiger partial charge in [0.25, 0.3) is 5.91 Å². The van der Waals surface area contributed by atoms with Crippen LogP contribution in [-0.2, 0) is 17.6 Å². The van der Waals surface area contributed by atoms with Crippen LogP contribution < -0.4 is 15.0 Å². The SMILES string of the molecule is O=C(/C=C/c1ccc2c(c1)CCO2)Nc1ccc(C(=O)N2CCc3ccccc32)cc1. The minimum Gasteiger partial charge on any atom is -0.493 e. The summed E-state index contributed by atoms with van der Waals surface area (Å²) in [5, 5.41) is 2.84. The number of fused-ring (bicyclic) bond motifs is 2. The van der Waals surface area contributed by atoms with Gasteiger partial charge in [0, 0.05) is 36.0 Å². The molecule has 0 spiro atoms. The van der Waals surface area contributed by atoms with Crippen molar-refractivity contribution in [3.63, 3.8) is 0 Å². The third-order valence-electron chi connectivity index (χ3n) is 5.67. The van der Waals surface area contributed by atoms with Gasteiger partial charge in [0.2, 0.25) is 5.91 Å². The maximum absolute atomic E-state index is 12.9. The summed E-state index contributed by atoms with van der Waals surface area (Å²) in [7, 11) is 0. The van der Waals surface area contributed by atoms with Crippen molar-refractivity contribution in [2.45, 2.75) is 12.8 Å². The Hall–Kier alpha value is -3.86. The van der Waals surface area contributed by atoms with Crippen molar-refractivity contribution in [2.75, 3.05) is 23.4 Å². The number of carbonyl (C=O) groups is 2. The van der Waals surface area contributed by atoms with Crippen LogP contribution in [0.4, 0.5) is 11.4 Å². The van der Waals surface area contributed by atoms with Crippen molar-refractivity contribution < 1.29 is 14.3 Å². The molecule has 0 saturated carbocycles. The number of benzene rings is 3. The number of nitrogens with zero attached hydrogens (tertiary/aromatic N) is 1. The van der Waals surface area contributed by atoms with Gasteiger partial charge in [-0.1, -0.05) is 24.3 Å². The van der Waals surface area contributed by atoms with Crippen LogP contribution in [0.25, 0.3) is 6.08 Å². The maximum atomic E-state index is 12.9. The summed E-state index contributed by atoms with van der Waals surface area (Å²) in [5.41, 5.74) is 5.56. The van der Waals surface area contributed by atoms with Crippen LogP contribution in [-0.4, -0.2) is 25.0 Å². The van der Waals surface area contributed by atoms with E-state index in [1.165, 1.54) is 17.2 Å². The first-order chi connectivity index (χ1) is 15.2. The minimum atomic E-state index is -0.218. The lowest BCUT2D eigenvalue weighted by Crippen LogP contribution is -2.28. The molecule has 5 heteroatoms. The van der Waals surface area contributed by atoms with Crippen molar-refractivity contribution in [1.29, 1.82) is 0 Å². The van der Waals surface area contributed by atoms with E-state index in [9.17, 15) is 9.59 Å². The second-order valence-electron chi connectivity index (χ2n) is 7.70. The lowest BCUT2D eigenvalue weighted by molar-refractivity contribution is -0.111. The number of nitrogens with one attached hydrogen (secondary N) is 1. The quantitative estimate of drug-likeness (QED) is 0.646. The standard InChI is InChI=1S/C26H22N2O3/c29-25(12-6-18-5-11-24-21(17-18)14-16-31-24)27-22-9-7-20(8-10-22)26(30)28-15-13-19-3-1-2-4-23(19)28/h1-12,17H,13-16H2,(H,27,29)/b12-6+. The van der Waals surface area contributed by atoms with E-state index in [4.69, 9.17) is 4.74 Å². The number of ether oxygens (including phenoxy) is 1. The number of amides is 2. The van der Waals surface area contributed by atoms with Gasteiger partial charge in [-0.3, -0.25) is 9.59 Å². The topological polar surface area (TPSA) is 58.6 Å². The molecule has 0 atom stereocenters. The van der Waals surface area contributed by atoms with Crippen LogP contribution in [0.1, 0.15) is 27.0 Å². The predicted molar refractivity (Wildman–Crippen MR) is 122 cm³/mol. The molecule has 0 radical (unpaired) electrons. The normalized spacial score (nSPS) is 14.3. The zero-order valence-corrected chi connectivity index (χ0v) is 17.0. The Kier molecular flexibility index (Phi) is 5.00. The molecule has 0 bridgehead atoms. The first-order valence-electron chi connectivity index (χ1n) is 10.4. The van der Waals surface area contributed by atoms with Crippen LogP contribution in [0.3, 0.4) is 0 Å². The molecule has 5 rings (SSSR count). The molecule has 3 aromatic rings. The highest BCUT2D eigenvalue weighted by atomic mass is 16.5. The fourth-order valence-corrected chi connectivity index (χ4v) is 4.07. The van der Waals surface area contributed by atoms with Gasteiger partial charge in [0.15, 0.2) is 0 Å². The Labute approximate surface area is 181 Å². The molecule has 0 aromatic heterocycles. The van der Waals surface area contributed by atoms with Gasteiger partial charge in [0.05, 0.1) is 6.61 Å². The molecule has 2 aliphatic heterocycles. The largest absolute Gasteiger partial charge is 0.493 e. The first kappa shape index (κ1) is 19.1. The molecule has 5 nitrogen and oxygen atoms in total. The van der Waals surface area contributed by atoms with Crippen LogP contribution in [0.2, 0.25) is 0 Å². The van der Waals surface area contributed by atoms with E-state index in [0.29, 0.717) is 24.4 Å². The number of rotatable bonds is 4. The van der Waals surface area contributed by atoms with Crippen LogP contribution in [0.15, 0.2) is 72.8 Å². The molecule has 0 aliphatic carbocycles. The van der Waals surface area contributed by atoms with E-state index in [1.54, 1.807) is 30.3 Å². The zero-order chi connectivity index (χ0) is 21.2. The maximum Gasteiger partial charge on any atom is 0.258 e. The summed E-state index contributed by atoms with van der Waals surface area (Å²) in [5.74, 6) is 0.682. The van der Waals surface area contributed by atoms with E-state index in [0.717, 1.165) is 29.8 Å². The minimum absolute atomic E-state index is 0.0247. The van der Waals surface area contributed by atoms with Crippen molar-refractivity contribution in [3.8, 4) is 5.75 Å². The van der Waals surface area contributed by atoms with Crippen LogP contribution >= 0.6 is 0 Å². The predicted octanol–water partition coefficient (Wildman–Crippen LogP) is 4.48. The number of para-hydroxylation sites is 1. The average molecular weight is 410 g/mol. The van der Waals surface area contributed by atoms with Crippen molar-refractivity contribution >= 4 is 29.3 Å². The van der Waals surface area contributed by atoms with Gasteiger partial charge in [-0.15, -0.1) is 0 Å². The number of anilines is 2. The molecule has 2 heterocycles. The zero-order valence-electron chi connectivity index (χ0n) is 17.0. The Morgan fingerprint density at radius 2 is 1.77 bits per heavy atom. The smallest absolute Gasteiger partial charge is 0.258 e. The summed E-state index contributed by atoms with van der Waals surface area (Å²) < 4.78 is 5.50. The lowest BCUT2D eigenvalue weighted by Gasteiger charge is -2.17. The van der Waals surface area contributed by atoms with E-state index in [2.05, 4.69) is 11.4 Å². The molecular weight excluding hydrogens is 388 g/mol. The highest BCUT2D eigenvalue weighted by molar-refractivity contribution is 6.08. The van der Waals surface area contributed by atoms with Crippen molar-refractivity contribution in [1.82, 2.24) is 0 Å². The highest BCUT2D eigenvalue weighted by Crippen LogP contribution is 2.29. The third kappa shape index (κ3) is 3.94. The summed E-state index contributed by atoms with van der Waals surface area (Å²) in [6.07, 6.45) is 5.07. The van der Waals surface area contributed by atoms with Crippen LogP contribution in [0, 0.1) is 0 Å². The number of carbonyl (C=O) groups excluding carboxylic acids is 2. The summed E-state index contributed by atoms with van der Waals surface area (Å²) in [6.45, 7) is 1.40. The van der Waals surface area contributed by atoms with Gasteiger partial charge >= 0.3 is 0 Å². The van der Waals surface area contributed by atoms with Gasteiger partial charge in [-0.25, -0.2) is 0 Å². The van der Waals surface area contributed by atoms with Crippen molar-refractivity contribution in [2.24, 2.45) is 0 Å². The molecule has 154 valence electrons. The third-order valence-corrected chi connectivity index (χ3v) is 5.67. The lowest BCUT2D eigenvalue weighted by atomic mass is 10.1. The molecule has 0 unspecified atom stereocenters. The van der Waals surface area contributed by atoms with Gasteiger partial charge < -0.3 is 15.0 Å². The summed E-state index contributed by atoms with van der Waals surface area (Å²) in [4.78, 5) is 27.0.